The number of hydrogen-bond acceptors (Lipinski definition) is 3. The summed E-state index contributed by atoms with van der Waals surface area (Å²) in [6.07, 6.45) is 1.61. The highest BCUT2D eigenvalue weighted by molar-refractivity contribution is 6.31. The van der Waals surface area contributed by atoms with Crippen molar-refractivity contribution in [3.05, 3.63) is 16.9 Å². The Bertz CT molecular complexity index is 302. The number of aryl methyl sites for hydroxylation is 1. The van der Waals surface area contributed by atoms with Crippen molar-refractivity contribution >= 4 is 17.6 Å². The summed E-state index contributed by atoms with van der Waals surface area (Å²) in [7, 11) is 1.34. The third kappa shape index (κ3) is 2.01. The van der Waals surface area contributed by atoms with Crippen LogP contribution in [-0.2, 0) is 9.53 Å². The Kier molecular flexibility index (Phi) is 2.93. The van der Waals surface area contributed by atoms with Crippen molar-refractivity contribution < 1.29 is 9.53 Å². The molecule has 0 aliphatic heterocycles. The number of nitrogens with zero attached hydrogens (tertiary/aromatic N) is 2. The summed E-state index contributed by atoms with van der Waals surface area (Å²) in [4.78, 5) is 11.1. The molecular weight excluding hydrogens is 192 g/mol. The minimum Gasteiger partial charge on any atom is -0.467 e. The third-order valence-electron chi connectivity index (χ3n) is 1.80. The number of carbonyl (C=O) groups is 1. The van der Waals surface area contributed by atoms with Crippen molar-refractivity contribution in [2.45, 2.75) is 19.9 Å². The Morgan fingerprint density at radius 2 is 2.38 bits per heavy atom. The zero-order valence-corrected chi connectivity index (χ0v) is 8.50. The van der Waals surface area contributed by atoms with Gasteiger partial charge in [-0.25, -0.2) is 4.79 Å². The second kappa shape index (κ2) is 3.79. The van der Waals surface area contributed by atoms with Gasteiger partial charge in [0.05, 0.1) is 17.8 Å². The molecule has 0 amide bonds. The maximum Gasteiger partial charge on any atom is 0.330 e. The number of halogens is 1. The van der Waals surface area contributed by atoms with Gasteiger partial charge in [-0.15, -0.1) is 0 Å². The summed E-state index contributed by atoms with van der Waals surface area (Å²) in [5.41, 5.74) is 0.706. The Morgan fingerprint density at radius 3 is 2.77 bits per heavy atom. The second-order valence-electron chi connectivity index (χ2n) is 2.74. The minimum absolute atomic E-state index is 0.334. The van der Waals surface area contributed by atoms with E-state index in [9.17, 15) is 4.79 Å². The number of hydrogen-bond donors (Lipinski definition) is 0. The molecule has 0 radical (unpaired) electrons. The predicted octanol–water partition coefficient (Wildman–Crippen LogP) is 1.58. The van der Waals surface area contributed by atoms with Crippen LogP contribution in [0.25, 0.3) is 0 Å². The topological polar surface area (TPSA) is 44.1 Å². The molecule has 0 aromatic carbocycles. The summed E-state index contributed by atoms with van der Waals surface area (Å²) >= 11 is 5.79. The van der Waals surface area contributed by atoms with E-state index >= 15 is 0 Å². The van der Waals surface area contributed by atoms with Crippen molar-refractivity contribution in [3.63, 3.8) is 0 Å². The van der Waals surface area contributed by atoms with Gasteiger partial charge in [0.1, 0.15) is 6.04 Å². The van der Waals surface area contributed by atoms with Crippen molar-refractivity contribution in [1.29, 1.82) is 0 Å². The molecule has 1 aromatic heterocycles. The van der Waals surface area contributed by atoms with Crippen molar-refractivity contribution in [2.24, 2.45) is 0 Å². The molecule has 0 aliphatic rings. The van der Waals surface area contributed by atoms with Gasteiger partial charge in [0, 0.05) is 6.20 Å². The average molecular weight is 203 g/mol. The van der Waals surface area contributed by atoms with Gasteiger partial charge in [-0.3, -0.25) is 4.68 Å². The molecule has 1 heterocycles. The maximum absolute atomic E-state index is 11.1. The van der Waals surface area contributed by atoms with Crippen LogP contribution in [0.2, 0.25) is 5.02 Å². The standard InChI is InChI=1S/C8H11ClN2O2/c1-5-7(9)4-11(10-5)6(2)8(12)13-3/h4,6H,1-3H3/t6-/m1/s1. The SMILES string of the molecule is COC(=O)[C@@H](C)n1cc(Cl)c(C)n1. The molecule has 0 spiro atoms. The van der Waals surface area contributed by atoms with Gasteiger partial charge in [0.15, 0.2) is 0 Å². The zero-order chi connectivity index (χ0) is 10.0. The van der Waals surface area contributed by atoms with Crippen LogP contribution in [0.4, 0.5) is 0 Å². The summed E-state index contributed by atoms with van der Waals surface area (Å²) < 4.78 is 6.06. The maximum atomic E-state index is 11.1. The van der Waals surface area contributed by atoms with E-state index in [4.69, 9.17) is 11.6 Å². The van der Waals surface area contributed by atoms with Crippen LogP contribution in [-0.4, -0.2) is 22.9 Å². The lowest BCUT2D eigenvalue weighted by Gasteiger charge is -2.08. The van der Waals surface area contributed by atoms with Crippen LogP contribution in [0.3, 0.4) is 0 Å². The molecule has 0 fully saturated rings. The number of carbonyl (C=O) groups excluding carboxylic acids is 1. The van der Waals surface area contributed by atoms with Gasteiger partial charge < -0.3 is 4.74 Å². The quantitative estimate of drug-likeness (QED) is 0.684. The lowest BCUT2D eigenvalue weighted by Crippen LogP contribution is -2.18. The van der Waals surface area contributed by atoms with Crippen LogP contribution in [0.1, 0.15) is 18.7 Å². The van der Waals surface area contributed by atoms with Gasteiger partial charge in [-0.1, -0.05) is 11.6 Å². The van der Waals surface area contributed by atoms with Gasteiger partial charge in [0.25, 0.3) is 0 Å². The number of methoxy groups -OCH3 is 1. The second-order valence-corrected chi connectivity index (χ2v) is 3.15. The van der Waals surface area contributed by atoms with Gasteiger partial charge in [-0.2, -0.15) is 5.10 Å². The molecule has 13 heavy (non-hydrogen) atoms. The van der Waals surface area contributed by atoms with E-state index in [0.717, 1.165) is 0 Å². The summed E-state index contributed by atoms with van der Waals surface area (Å²) in [5, 5.41) is 4.61. The Morgan fingerprint density at radius 1 is 1.77 bits per heavy atom. The first-order valence-corrected chi connectivity index (χ1v) is 4.23. The molecule has 4 nitrogen and oxygen atoms in total. The average Bonchev–Trinajstić information content (AvgIpc) is 2.44. The van der Waals surface area contributed by atoms with Crippen LogP contribution in [0.5, 0.6) is 0 Å². The van der Waals surface area contributed by atoms with E-state index in [1.165, 1.54) is 11.8 Å². The number of rotatable bonds is 2. The molecular formula is C8H11ClN2O2. The largest absolute Gasteiger partial charge is 0.467 e. The highest BCUT2D eigenvalue weighted by Crippen LogP contribution is 2.16. The molecule has 0 saturated heterocycles. The van der Waals surface area contributed by atoms with Crippen LogP contribution in [0.15, 0.2) is 6.20 Å². The fourth-order valence-electron chi connectivity index (χ4n) is 0.936. The first-order valence-electron chi connectivity index (χ1n) is 3.85. The van der Waals surface area contributed by atoms with E-state index in [0.29, 0.717) is 10.7 Å². The van der Waals surface area contributed by atoms with Gasteiger partial charge in [-0.05, 0) is 13.8 Å². The van der Waals surface area contributed by atoms with Crippen LogP contribution < -0.4 is 0 Å². The van der Waals surface area contributed by atoms with E-state index in [1.54, 1.807) is 20.0 Å². The Balaban J connectivity index is 2.89. The number of aromatic nitrogens is 2. The molecule has 1 atom stereocenters. The smallest absolute Gasteiger partial charge is 0.330 e. The summed E-state index contributed by atoms with van der Waals surface area (Å²) in [6, 6.07) is -0.434. The van der Waals surface area contributed by atoms with Crippen molar-refractivity contribution in [2.75, 3.05) is 7.11 Å². The molecule has 1 aromatic rings. The first-order chi connectivity index (χ1) is 6.06. The first kappa shape index (κ1) is 10.1. The van der Waals surface area contributed by atoms with Crippen LogP contribution in [0, 0.1) is 6.92 Å². The molecule has 5 heteroatoms. The van der Waals surface area contributed by atoms with E-state index in [-0.39, 0.29) is 5.97 Å². The minimum atomic E-state index is -0.434. The molecule has 0 unspecified atom stereocenters. The molecule has 0 aliphatic carbocycles. The Labute approximate surface area is 81.4 Å². The third-order valence-corrected chi connectivity index (χ3v) is 2.17. The number of esters is 1. The van der Waals surface area contributed by atoms with E-state index in [2.05, 4.69) is 9.84 Å². The fourth-order valence-corrected chi connectivity index (χ4v) is 1.07. The van der Waals surface area contributed by atoms with Crippen molar-refractivity contribution in [3.8, 4) is 0 Å². The summed E-state index contributed by atoms with van der Waals surface area (Å²) in [6.45, 7) is 3.48. The van der Waals surface area contributed by atoms with Crippen molar-refractivity contribution in [1.82, 2.24) is 9.78 Å². The lowest BCUT2D eigenvalue weighted by atomic mass is 10.3. The zero-order valence-electron chi connectivity index (χ0n) is 7.74. The normalized spacial score (nSPS) is 12.6. The highest BCUT2D eigenvalue weighted by Gasteiger charge is 2.16. The molecule has 0 N–H and O–H groups in total. The van der Waals surface area contributed by atoms with Gasteiger partial charge >= 0.3 is 5.97 Å². The van der Waals surface area contributed by atoms with E-state index < -0.39 is 6.04 Å². The van der Waals surface area contributed by atoms with Gasteiger partial charge in [0.2, 0.25) is 0 Å². The highest BCUT2D eigenvalue weighted by atomic mass is 35.5. The predicted molar refractivity (Wildman–Crippen MR) is 48.7 cm³/mol. The van der Waals surface area contributed by atoms with Crippen LogP contribution >= 0.6 is 11.6 Å². The Hall–Kier alpha value is -1.03. The molecule has 0 bridgehead atoms. The fraction of sp³-hybridized carbons (Fsp3) is 0.500. The molecule has 72 valence electrons. The number of ether oxygens (including phenoxy) is 1. The monoisotopic (exact) mass is 202 g/mol. The molecule has 0 saturated carbocycles. The summed E-state index contributed by atoms with van der Waals surface area (Å²) in [5.74, 6) is -0.334. The van der Waals surface area contributed by atoms with E-state index in [1.807, 2.05) is 0 Å². The molecule has 1 rings (SSSR count). The lowest BCUT2D eigenvalue weighted by molar-refractivity contribution is -0.144.